The lowest BCUT2D eigenvalue weighted by molar-refractivity contribution is 0.0600. The molecule has 1 heterocycles. The molecule has 0 atom stereocenters. The highest BCUT2D eigenvalue weighted by Gasteiger charge is 2.09. The van der Waals surface area contributed by atoms with E-state index in [2.05, 4.69) is 9.11 Å². The maximum atomic E-state index is 11.3. The molecule has 3 rings (SSSR count). The van der Waals surface area contributed by atoms with Gasteiger partial charge < -0.3 is 9.47 Å². The number of carbonyl (C=O) groups excluding carboxylic acids is 1. The Bertz CT molecular complexity index is 749. The maximum absolute atomic E-state index is 11.3. The number of esters is 1. The summed E-state index contributed by atoms with van der Waals surface area (Å²) in [5.41, 5.74) is 1.41. The topological polar surface area (TPSA) is 48.4 Å². The Morgan fingerprint density at radius 1 is 1.10 bits per heavy atom. The molecule has 0 saturated carbocycles. The maximum Gasteiger partial charge on any atom is 0.337 e. The Hall–Kier alpha value is -2.40. The number of carbonyl (C=O) groups is 1. The van der Waals surface area contributed by atoms with Gasteiger partial charge in [-0.25, -0.2) is 4.79 Å². The summed E-state index contributed by atoms with van der Waals surface area (Å²) < 4.78 is 14.8. The fourth-order valence-corrected chi connectivity index (χ4v) is 2.57. The Kier molecular flexibility index (Phi) is 3.35. The molecule has 100 valence electrons. The SMILES string of the molecule is COC(=O)c1ccc(Oc2snc3ccccc23)cc1. The fraction of sp³-hybridized carbons (Fsp3) is 0.0667. The van der Waals surface area contributed by atoms with E-state index in [-0.39, 0.29) is 5.97 Å². The van der Waals surface area contributed by atoms with Gasteiger partial charge in [0.2, 0.25) is 5.06 Å². The second kappa shape index (κ2) is 5.30. The highest BCUT2D eigenvalue weighted by Crippen LogP contribution is 2.33. The van der Waals surface area contributed by atoms with Gasteiger partial charge in [-0.3, -0.25) is 0 Å². The standard InChI is InChI=1S/C15H11NO3S/c1-18-14(17)10-6-8-11(9-7-10)19-15-12-4-2-3-5-13(12)16-20-15/h2-9H,1H3. The molecular formula is C15H11NO3S. The first-order chi connectivity index (χ1) is 9.78. The number of methoxy groups -OCH3 is 1. The summed E-state index contributed by atoms with van der Waals surface area (Å²) >= 11 is 1.31. The molecule has 0 unspecified atom stereocenters. The van der Waals surface area contributed by atoms with E-state index in [0.29, 0.717) is 11.3 Å². The highest BCUT2D eigenvalue weighted by molar-refractivity contribution is 7.09. The Balaban J connectivity index is 1.86. The monoisotopic (exact) mass is 285 g/mol. The van der Waals surface area contributed by atoms with Crippen molar-refractivity contribution in [1.82, 2.24) is 4.37 Å². The predicted molar refractivity (Wildman–Crippen MR) is 77.5 cm³/mol. The molecule has 1 aromatic heterocycles. The third-order valence-electron chi connectivity index (χ3n) is 2.84. The van der Waals surface area contributed by atoms with E-state index in [9.17, 15) is 4.79 Å². The van der Waals surface area contributed by atoms with Gasteiger partial charge in [-0.15, -0.1) is 0 Å². The highest BCUT2D eigenvalue weighted by atomic mass is 32.1. The number of benzene rings is 2. The summed E-state index contributed by atoms with van der Waals surface area (Å²) in [4.78, 5) is 11.3. The molecule has 2 aromatic carbocycles. The van der Waals surface area contributed by atoms with Crippen LogP contribution in [-0.2, 0) is 4.74 Å². The lowest BCUT2D eigenvalue weighted by Gasteiger charge is -2.04. The van der Waals surface area contributed by atoms with Crippen molar-refractivity contribution >= 4 is 28.4 Å². The van der Waals surface area contributed by atoms with Gasteiger partial charge in [-0.2, -0.15) is 4.37 Å². The molecule has 0 bridgehead atoms. The summed E-state index contributed by atoms with van der Waals surface area (Å²) in [6, 6.07) is 14.6. The lowest BCUT2D eigenvalue weighted by atomic mass is 10.2. The van der Waals surface area contributed by atoms with Crippen LogP contribution in [0, 0.1) is 0 Å². The molecule has 0 radical (unpaired) electrons. The fourth-order valence-electron chi connectivity index (χ4n) is 1.82. The lowest BCUT2D eigenvalue weighted by Crippen LogP contribution is -2.00. The van der Waals surface area contributed by atoms with Crippen LogP contribution in [0.5, 0.6) is 10.8 Å². The van der Waals surface area contributed by atoms with Gasteiger partial charge in [0, 0.05) is 11.5 Å². The van der Waals surface area contributed by atoms with Gasteiger partial charge in [0.05, 0.1) is 23.6 Å². The van der Waals surface area contributed by atoms with Crippen LogP contribution in [0.4, 0.5) is 0 Å². The third kappa shape index (κ3) is 2.35. The van der Waals surface area contributed by atoms with E-state index in [4.69, 9.17) is 4.74 Å². The largest absolute Gasteiger partial charge is 0.465 e. The molecule has 0 saturated heterocycles. The average molecular weight is 285 g/mol. The van der Waals surface area contributed by atoms with Gasteiger partial charge in [-0.05, 0) is 36.4 Å². The van der Waals surface area contributed by atoms with Crippen molar-refractivity contribution < 1.29 is 14.3 Å². The Morgan fingerprint density at radius 2 is 1.85 bits per heavy atom. The van der Waals surface area contributed by atoms with Crippen LogP contribution in [-0.4, -0.2) is 17.5 Å². The van der Waals surface area contributed by atoms with Crippen molar-refractivity contribution in [3.05, 3.63) is 54.1 Å². The van der Waals surface area contributed by atoms with E-state index in [0.717, 1.165) is 16.0 Å². The van der Waals surface area contributed by atoms with Gasteiger partial charge in [0.15, 0.2) is 0 Å². The molecule has 0 aliphatic carbocycles. The van der Waals surface area contributed by atoms with E-state index < -0.39 is 0 Å². The van der Waals surface area contributed by atoms with Gasteiger partial charge in [0.25, 0.3) is 0 Å². The number of nitrogens with zero attached hydrogens (tertiary/aromatic N) is 1. The minimum atomic E-state index is -0.361. The van der Waals surface area contributed by atoms with Crippen LogP contribution >= 0.6 is 11.5 Å². The van der Waals surface area contributed by atoms with Crippen molar-refractivity contribution in [3.8, 4) is 10.8 Å². The third-order valence-corrected chi connectivity index (χ3v) is 3.59. The van der Waals surface area contributed by atoms with E-state index in [1.165, 1.54) is 18.6 Å². The molecule has 0 spiro atoms. The minimum Gasteiger partial charge on any atom is -0.465 e. The summed E-state index contributed by atoms with van der Waals surface area (Å²) in [6.45, 7) is 0. The molecule has 0 amide bonds. The number of aromatic nitrogens is 1. The number of fused-ring (bicyclic) bond motifs is 1. The van der Waals surface area contributed by atoms with Crippen molar-refractivity contribution in [2.45, 2.75) is 0 Å². The second-order valence-corrected chi connectivity index (χ2v) is 4.84. The van der Waals surface area contributed by atoms with Crippen molar-refractivity contribution in [2.24, 2.45) is 0 Å². The first-order valence-electron chi connectivity index (χ1n) is 5.98. The van der Waals surface area contributed by atoms with Gasteiger partial charge in [0.1, 0.15) is 5.75 Å². The van der Waals surface area contributed by atoms with Gasteiger partial charge >= 0.3 is 5.97 Å². The van der Waals surface area contributed by atoms with Crippen LogP contribution in [0.2, 0.25) is 0 Å². The van der Waals surface area contributed by atoms with Crippen LogP contribution in [0.25, 0.3) is 10.9 Å². The van der Waals surface area contributed by atoms with E-state index >= 15 is 0 Å². The molecule has 0 fully saturated rings. The van der Waals surface area contributed by atoms with Crippen LogP contribution in [0.15, 0.2) is 48.5 Å². The normalized spacial score (nSPS) is 10.4. The molecular weight excluding hydrogens is 274 g/mol. The second-order valence-electron chi connectivity index (χ2n) is 4.11. The molecule has 0 aliphatic heterocycles. The molecule has 3 aromatic rings. The Labute approximate surface area is 119 Å². The summed E-state index contributed by atoms with van der Waals surface area (Å²) in [6.07, 6.45) is 0. The summed E-state index contributed by atoms with van der Waals surface area (Å²) in [7, 11) is 1.36. The van der Waals surface area contributed by atoms with Gasteiger partial charge in [-0.1, -0.05) is 12.1 Å². The van der Waals surface area contributed by atoms with Crippen LogP contribution in [0.3, 0.4) is 0 Å². The summed E-state index contributed by atoms with van der Waals surface area (Å²) in [5, 5.41) is 1.72. The summed E-state index contributed by atoms with van der Waals surface area (Å²) in [5.74, 6) is 0.298. The Morgan fingerprint density at radius 3 is 2.60 bits per heavy atom. The van der Waals surface area contributed by atoms with E-state index in [1.807, 2.05) is 24.3 Å². The van der Waals surface area contributed by atoms with E-state index in [1.54, 1.807) is 24.3 Å². The molecule has 5 heteroatoms. The van der Waals surface area contributed by atoms with Crippen molar-refractivity contribution in [2.75, 3.05) is 7.11 Å². The molecule has 0 aliphatic rings. The molecule has 4 nitrogen and oxygen atoms in total. The zero-order chi connectivity index (χ0) is 13.9. The first kappa shape index (κ1) is 12.6. The van der Waals surface area contributed by atoms with Crippen LogP contribution < -0.4 is 4.74 Å². The van der Waals surface area contributed by atoms with Crippen molar-refractivity contribution in [3.63, 3.8) is 0 Å². The zero-order valence-corrected chi connectivity index (χ0v) is 11.5. The molecule has 0 N–H and O–H groups in total. The van der Waals surface area contributed by atoms with Crippen LogP contribution in [0.1, 0.15) is 10.4 Å². The number of hydrogen-bond donors (Lipinski definition) is 0. The number of hydrogen-bond acceptors (Lipinski definition) is 5. The quantitative estimate of drug-likeness (QED) is 0.685. The molecule has 20 heavy (non-hydrogen) atoms. The smallest absolute Gasteiger partial charge is 0.337 e. The predicted octanol–water partition coefficient (Wildman–Crippen LogP) is 3.88. The zero-order valence-electron chi connectivity index (χ0n) is 10.7. The number of ether oxygens (including phenoxy) is 2. The minimum absolute atomic E-state index is 0.361. The first-order valence-corrected chi connectivity index (χ1v) is 6.76. The number of rotatable bonds is 3. The van der Waals surface area contributed by atoms with Crippen molar-refractivity contribution in [1.29, 1.82) is 0 Å². The average Bonchev–Trinajstić information content (AvgIpc) is 2.91.